The third kappa shape index (κ3) is 3.67. The molecule has 2 fully saturated rings. The number of rotatable bonds is 7. The van der Waals surface area contributed by atoms with Crippen LogP contribution in [0.3, 0.4) is 0 Å². The molecule has 1 unspecified atom stereocenters. The molecule has 0 heterocycles. The van der Waals surface area contributed by atoms with Gasteiger partial charge in [0.25, 0.3) is 0 Å². The van der Waals surface area contributed by atoms with Crippen molar-refractivity contribution in [3.05, 3.63) is 35.4 Å². The highest BCUT2D eigenvalue weighted by Gasteiger charge is 2.33. The Morgan fingerprint density at radius 1 is 1.14 bits per heavy atom. The molecule has 0 spiro atoms. The number of carbonyl (C=O) groups is 1. The van der Waals surface area contributed by atoms with Crippen molar-refractivity contribution in [1.82, 2.24) is 4.90 Å². The zero-order valence-corrected chi connectivity index (χ0v) is 12.3. The van der Waals surface area contributed by atoms with E-state index >= 15 is 0 Å². The summed E-state index contributed by atoms with van der Waals surface area (Å²) >= 11 is 0. The van der Waals surface area contributed by atoms with Crippen LogP contribution in [0.25, 0.3) is 0 Å². The van der Waals surface area contributed by atoms with E-state index in [9.17, 15) is 13.6 Å². The smallest absolute Gasteiger partial charge is 0.179 e. The van der Waals surface area contributed by atoms with Gasteiger partial charge in [-0.2, -0.15) is 0 Å². The van der Waals surface area contributed by atoms with Crippen LogP contribution in [-0.2, 0) is 0 Å². The van der Waals surface area contributed by atoms with Crippen LogP contribution in [0, 0.1) is 23.5 Å². The average Bonchev–Trinajstić information content (AvgIpc) is 3.35. The molecule has 1 aromatic carbocycles. The SMILES string of the molecule is CC(C(=O)c1ccc(F)c(F)c1)N(CC1CC1)CC1CC1. The minimum absolute atomic E-state index is 0.116. The van der Waals surface area contributed by atoms with Crippen molar-refractivity contribution in [2.45, 2.75) is 38.6 Å². The van der Waals surface area contributed by atoms with Crippen LogP contribution < -0.4 is 0 Å². The first-order chi connectivity index (χ1) is 10.0. The van der Waals surface area contributed by atoms with E-state index in [1.807, 2.05) is 6.92 Å². The van der Waals surface area contributed by atoms with Gasteiger partial charge in [-0.15, -0.1) is 0 Å². The van der Waals surface area contributed by atoms with E-state index in [-0.39, 0.29) is 17.4 Å². The Kier molecular flexibility index (Phi) is 4.07. The van der Waals surface area contributed by atoms with E-state index in [4.69, 9.17) is 0 Å². The predicted molar refractivity (Wildman–Crippen MR) is 77.2 cm³/mol. The summed E-state index contributed by atoms with van der Waals surface area (Å²) in [5.74, 6) is -0.556. The lowest BCUT2D eigenvalue weighted by atomic mass is 10.0. The minimum atomic E-state index is -0.955. The molecule has 2 aliphatic carbocycles. The van der Waals surface area contributed by atoms with Crippen LogP contribution in [0.2, 0.25) is 0 Å². The van der Waals surface area contributed by atoms with E-state index < -0.39 is 11.6 Å². The number of nitrogens with zero attached hydrogens (tertiary/aromatic N) is 1. The minimum Gasteiger partial charge on any atom is -0.293 e. The van der Waals surface area contributed by atoms with Crippen molar-refractivity contribution in [2.24, 2.45) is 11.8 Å². The number of hydrogen-bond donors (Lipinski definition) is 0. The van der Waals surface area contributed by atoms with Crippen LogP contribution >= 0.6 is 0 Å². The van der Waals surface area contributed by atoms with Gasteiger partial charge in [0.05, 0.1) is 6.04 Å². The second kappa shape index (κ2) is 5.84. The van der Waals surface area contributed by atoms with Crippen LogP contribution in [0.4, 0.5) is 8.78 Å². The summed E-state index contributed by atoms with van der Waals surface area (Å²) in [5.41, 5.74) is 0.262. The molecule has 0 N–H and O–H groups in total. The first-order valence-electron chi connectivity index (χ1n) is 7.78. The van der Waals surface area contributed by atoms with Gasteiger partial charge in [-0.25, -0.2) is 8.78 Å². The highest BCUT2D eigenvalue weighted by molar-refractivity contribution is 5.99. The lowest BCUT2D eigenvalue weighted by Gasteiger charge is -2.28. The van der Waals surface area contributed by atoms with Gasteiger partial charge in [0.2, 0.25) is 0 Å². The van der Waals surface area contributed by atoms with Gasteiger partial charge >= 0.3 is 0 Å². The molecule has 0 saturated heterocycles. The van der Waals surface area contributed by atoms with Crippen LogP contribution in [0.15, 0.2) is 18.2 Å². The Morgan fingerprint density at radius 2 is 1.71 bits per heavy atom. The predicted octanol–water partition coefficient (Wildman–Crippen LogP) is 3.66. The Morgan fingerprint density at radius 3 is 2.19 bits per heavy atom. The highest BCUT2D eigenvalue weighted by Crippen LogP contribution is 2.34. The summed E-state index contributed by atoms with van der Waals surface area (Å²) in [5, 5.41) is 0. The first kappa shape index (κ1) is 14.6. The maximum Gasteiger partial charge on any atom is 0.179 e. The zero-order valence-electron chi connectivity index (χ0n) is 12.3. The van der Waals surface area contributed by atoms with Crippen LogP contribution in [0.5, 0.6) is 0 Å². The fraction of sp³-hybridized carbons (Fsp3) is 0.588. The van der Waals surface area contributed by atoms with Crippen molar-refractivity contribution < 1.29 is 13.6 Å². The lowest BCUT2D eigenvalue weighted by molar-refractivity contribution is 0.0824. The summed E-state index contributed by atoms with van der Waals surface area (Å²) in [6, 6.07) is 3.15. The van der Waals surface area contributed by atoms with Gasteiger partial charge in [0.15, 0.2) is 17.4 Å². The van der Waals surface area contributed by atoms with Gasteiger partial charge < -0.3 is 0 Å². The molecular formula is C17H21F2NO. The van der Waals surface area contributed by atoms with Crippen molar-refractivity contribution in [1.29, 1.82) is 0 Å². The Labute approximate surface area is 124 Å². The van der Waals surface area contributed by atoms with Crippen molar-refractivity contribution in [2.75, 3.05) is 13.1 Å². The molecule has 21 heavy (non-hydrogen) atoms. The van der Waals surface area contributed by atoms with Crippen LogP contribution in [0.1, 0.15) is 43.0 Å². The normalized spacial score (nSPS) is 19.8. The first-order valence-corrected chi connectivity index (χ1v) is 7.78. The second-order valence-electron chi connectivity index (χ2n) is 6.51. The molecule has 1 atom stereocenters. The molecule has 2 aliphatic rings. The molecule has 1 aromatic rings. The van der Waals surface area contributed by atoms with Gasteiger partial charge in [0.1, 0.15) is 0 Å². The second-order valence-corrected chi connectivity index (χ2v) is 6.51. The zero-order chi connectivity index (χ0) is 15.0. The molecule has 0 aliphatic heterocycles. The molecule has 0 bridgehead atoms. The van der Waals surface area contributed by atoms with E-state index in [1.165, 1.54) is 31.7 Å². The van der Waals surface area contributed by atoms with E-state index in [2.05, 4.69) is 4.90 Å². The average molecular weight is 293 g/mol. The van der Waals surface area contributed by atoms with Crippen molar-refractivity contribution in [3.63, 3.8) is 0 Å². The summed E-state index contributed by atoms with van der Waals surface area (Å²) in [6.45, 7) is 3.79. The Bertz CT molecular complexity index is 524. The number of ketones is 1. The summed E-state index contributed by atoms with van der Waals surface area (Å²) in [6.07, 6.45) is 4.97. The standard InChI is InChI=1S/C17H21F2NO/c1-11(17(21)14-6-7-15(18)16(19)8-14)20(9-12-2-3-12)10-13-4-5-13/h6-8,11-13H,2-5,9-10H2,1H3. The number of carbonyl (C=O) groups excluding carboxylic acids is 1. The molecule has 0 radical (unpaired) electrons. The number of halogens is 2. The molecule has 2 saturated carbocycles. The monoisotopic (exact) mass is 293 g/mol. The third-order valence-electron chi connectivity index (χ3n) is 4.51. The molecule has 4 heteroatoms. The molecule has 2 nitrogen and oxygen atoms in total. The van der Waals surface area contributed by atoms with E-state index in [1.54, 1.807) is 0 Å². The third-order valence-corrected chi connectivity index (χ3v) is 4.51. The van der Waals surface area contributed by atoms with Gasteiger partial charge in [-0.1, -0.05) is 0 Å². The summed E-state index contributed by atoms with van der Waals surface area (Å²) < 4.78 is 26.3. The van der Waals surface area contributed by atoms with Crippen molar-refractivity contribution >= 4 is 5.78 Å². The Balaban J connectivity index is 1.71. The van der Waals surface area contributed by atoms with E-state index in [0.717, 1.165) is 25.2 Å². The number of benzene rings is 1. The molecule has 0 aromatic heterocycles. The fourth-order valence-corrected chi connectivity index (χ4v) is 2.71. The highest BCUT2D eigenvalue weighted by atomic mass is 19.2. The maximum absolute atomic E-state index is 13.3. The summed E-state index contributed by atoms with van der Waals surface area (Å²) in [4.78, 5) is 14.8. The maximum atomic E-state index is 13.3. The topological polar surface area (TPSA) is 20.3 Å². The largest absolute Gasteiger partial charge is 0.293 e. The van der Waals surface area contributed by atoms with E-state index in [0.29, 0.717) is 11.8 Å². The molecular weight excluding hydrogens is 272 g/mol. The number of hydrogen-bond acceptors (Lipinski definition) is 2. The quantitative estimate of drug-likeness (QED) is 0.715. The molecule has 114 valence electrons. The summed E-state index contributed by atoms with van der Waals surface area (Å²) in [7, 11) is 0. The van der Waals surface area contributed by atoms with Gasteiger partial charge in [-0.05, 0) is 62.6 Å². The number of Topliss-reactive ketones (excluding diaryl/α,β-unsaturated/α-hetero) is 1. The Hall–Kier alpha value is -1.29. The van der Waals surface area contributed by atoms with Gasteiger partial charge in [0, 0.05) is 18.7 Å². The lowest BCUT2D eigenvalue weighted by Crippen LogP contribution is -2.41. The molecule has 0 amide bonds. The van der Waals surface area contributed by atoms with Crippen LogP contribution in [-0.4, -0.2) is 29.8 Å². The van der Waals surface area contributed by atoms with Crippen molar-refractivity contribution in [3.8, 4) is 0 Å². The fourth-order valence-electron chi connectivity index (χ4n) is 2.71. The van der Waals surface area contributed by atoms with Gasteiger partial charge in [-0.3, -0.25) is 9.69 Å². The molecule has 3 rings (SSSR count).